The molecule has 0 aliphatic heterocycles. The Morgan fingerprint density at radius 3 is 1.81 bits per heavy atom. The van der Waals surface area contributed by atoms with Crippen LogP contribution in [0.2, 0.25) is 0 Å². The highest BCUT2D eigenvalue weighted by molar-refractivity contribution is 7.47. The number of aliphatic hydroxyl groups is 2. The third-order valence-corrected chi connectivity index (χ3v) is 9.61. The van der Waals surface area contributed by atoms with Crippen LogP contribution in [0.3, 0.4) is 0 Å². The number of nitrogens with two attached hydrogens (primary N) is 1. The van der Waals surface area contributed by atoms with Crippen LogP contribution in [0.15, 0.2) is 24.3 Å². The normalized spacial score (nSPS) is 15.2. The number of aliphatic hydroxyl groups excluding tert-OH is 2. The first-order valence-electron chi connectivity index (χ1n) is 19.5. The predicted octanol–water partition coefficient (Wildman–Crippen LogP) is 9.19. The van der Waals surface area contributed by atoms with Crippen molar-refractivity contribution in [2.45, 2.75) is 193 Å². The standard InChI is InChI=1S/C38H75N2O7P/c1-3-5-7-9-11-12-13-14-15-16-17-18-19-20-21-22-24-25-27-29-35(41)33-38(43)40-36(34-47-48(44,45)46-32-31-39)37(42)30-28-26-23-10-8-6-4-2/h5,7,11-12,35-37,41-42H,3-4,6,8-10,13-34,39H2,1-2H3,(H,40,43)(H,44,45)/b7-5-,12-11-. The molecular formula is C38H75N2O7P. The van der Waals surface area contributed by atoms with Crippen LogP contribution in [0.4, 0.5) is 0 Å². The number of phosphoric ester groups is 1. The van der Waals surface area contributed by atoms with Gasteiger partial charge in [0.15, 0.2) is 0 Å². The molecule has 9 nitrogen and oxygen atoms in total. The fourth-order valence-corrected chi connectivity index (χ4v) is 6.45. The Hall–Kier alpha value is -1.06. The molecule has 0 aromatic heterocycles. The largest absolute Gasteiger partial charge is 0.472 e. The maximum atomic E-state index is 12.7. The van der Waals surface area contributed by atoms with Gasteiger partial charge in [0.05, 0.1) is 37.9 Å². The zero-order valence-electron chi connectivity index (χ0n) is 30.8. The predicted molar refractivity (Wildman–Crippen MR) is 200 cm³/mol. The van der Waals surface area contributed by atoms with Gasteiger partial charge in [-0.1, -0.05) is 154 Å². The SMILES string of the molecule is CC/C=C\C/C=C\CCCCCCCCCCCCCCC(O)CC(=O)NC(COP(=O)(O)OCCN)C(O)CCCCCCCCC. The highest BCUT2D eigenvalue weighted by atomic mass is 31.2. The lowest BCUT2D eigenvalue weighted by molar-refractivity contribution is -0.125. The highest BCUT2D eigenvalue weighted by Gasteiger charge is 2.28. The number of unbranched alkanes of at least 4 members (excludes halogenated alkanes) is 18. The van der Waals surface area contributed by atoms with E-state index in [0.717, 1.165) is 57.8 Å². The Bertz CT molecular complexity index is 827. The molecule has 10 heteroatoms. The van der Waals surface area contributed by atoms with E-state index in [9.17, 15) is 24.5 Å². The second kappa shape index (κ2) is 34.4. The highest BCUT2D eigenvalue weighted by Crippen LogP contribution is 2.43. The topological polar surface area (TPSA) is 151 Å². The lowest BCUT2D eigenvalue weighted by Gasteiger charge is -2.25. The molecule has 1 amide bonds. The number of phosphoric acid groups is 1. The molecule has 0 aromatic rings. The van der Waals surface area contributed by atoms with Gasteiger partial charge in [-0.05, 0) is 38.5 Å². The maximum absolute atomic E-state index is 12.7. The van der Waals surface area contributed by atoms with Crippen LogP contribution in [0.25, 0.3) is 0 Å². The van der Waals surface area contributed by atoms with Crippen LogP contribution in [-0.2, 0) is 18.4 Å². The van der Waals surface area contributed by atoms with Crippen molar-refractivity contribution in [2.75, 3.05) is 19.8 Å². The van der Waals surface area contributed by atoms with Crippen LogP contribution in [-0.4, -0.2) is 59.0 Å². The van der Waals surface area contributed by atoms with E-state index in [1.807, 2.05) is 0 Å². The van der Waals surface area contributed by atoms with Crippen molar-refractivity contribution in [3.05, 3.63) is 24.3 Å². The summed E-state index contributed by atoms with van der Waals surface area (Å²) in [5.41, 5.74) is 5.34. The van der Waals surface area contributed by atoms with Crippen molar-refractivity contribution < 1.29 is 33.5 Å². The van der Waals surface area contributed by atoms with E-state index in [1.54, 1.807) is 0 Å². The number of rotatable bonds is 36. The fraction of sp³-hybridized carbons (Fsp3) is 0.868. The molecule has 0 heterocycles. The molecule has 0 fully saturated rings. The second-order valence-corrected chi connectivity index (χ2v) is 14.8. The smallest absolute Gasteiger partial charge is 0.393 e. The van der Waals surface area contributed by atoms with E-state index in [4.69, 9.17) is 14.8 Å². The van der Waals surface area contributed by atoms with Gasteiger partial charge < -0.3 is 26.2 Å². The van der Waals surface area contributed by atoms with Crippen LogP contribution in [0.1, 0.15) is 174 Å². The molecule has 0 saturated heterocycles. The van der Waals surface area contributed by atoms with E-state index in [-0.39, 0.29) is 26.2 Å². The van der Waals surface area contributed by atoms with Crippen molar-refractivity contribution in [2.24, 2.45) is 5.73 Å². The summed E-state index contributed by atoms with van der Waals surface area (Å²) in [6.07, 6.45) is 33.9. The van der Waals surface area contributed by atoms with E-state index >= 15 is 0 Å². The minimum Gasteiger partial charge on any atom is -0.393 e. The number of allylic oxidation sites excluding steroid dienone is 4. The Morgan fingerprint density at radius 1 is 0.729 bits per heavy atom. The summed E-state index contributed by atoms with van der Waals surface area (Å²) >= 11 is 0. The first-order valence-corrected chi connectivity index (χ1v) is 21.0. The summed E-state index contributed by atoms with van der Waals surface area (Å²) in [6.45, 7) is 3.88. The quantitative estimate of drug-likeness (QED) is 0.0246. The summed E-state index contributed by atoms with van der Waals surface area (Å²) < 4.78 is 22.0. The summed E-state index contributed by atoms with van der Waals surface area (Å²) in [7, 11) is -4.36. The number of nitrogens with one attached hydrogen (secondary N) is 1. The van der Waals surface area contributed by atoms with Gasteiger partial charge in [0, 0.05) is 6.54 Å². The lowest BCUT2D eigenvalue weighted by atomic mass is 10.0. The maximum Gasteiger partial charge on any atom is 0.472 e. The molecule has 0 saturated carbocycles. The average molecular weight is 703 g/mol. The molecule has 0 rings (SSSR count). The van der Waals surface area contributed by atoms with Gasteiger partial charge in [-0.2, -0.15) is 0 Å². The Labute approximate surface area is 294 Å². The van der Waals surface area contributed by atoms with E-state index < -0.39 is 32.0 Å². The van der Waals surface area contributed by atoms with Gasteiger partial charge in [0.25, 0.3) is 0 Å². The van der Waals surface area contributed by atoms with Crippen LogP contribution in [0.5, 0.6) is 0 Å². The molecule has 0 radical (unpaired) electrons. The number of carbonyl (C=O) groups excluding carboxylic acids is 1. The number of carbonyl (C=O) groups is 1. The van der Waals surface area contributed by atoms with E-state index in [1.165, 1.54) is 83.5 Å². The van der Waals surface area contributed by atoms with Gasteiger partial charge >= 0.3 is 7.82 Å². The first-order chi connectivity index (χ1) is 23.3. The lowest BCUT2D eigenvalue weighted by Crippen LogP contribution is -2.47. The number of amides is 1. The summed E-state index contributed by atoms with van der Waals surface area (Å²) in [4.78, 5) is 22.6. The fourth-order valence-electron chi connectivity index (χ4n) is 5.69. The Morgan fingerprint density at radius 2 is 1.25 bits per heavy atom. The van der Waals surface area contributed by atoms with Gasteiger partial charge in [0.1, 0.15) is 0 Å². The van der Waals surface area contributed by atoms with Crippen LogP contribution >= 0.6 is 7.82 Å². The van der Waals surface area contributed by atoms with E-state index in [0.29, 0.717) is 12.8 Å². The summed E-state index contributed by atoms with van der Waals surface area (Å²) in [6, 6.07) is -0.892. The zero-order valence-corrected chi connectivity index (χ0v) is 31.7. The second-order valence-electron chi connectivity index (χ2n) is 13.3. The summed E-state index contributed by atoms with van der Waals surface area (Å²) in [5, 5.41) is 24.0. The first kappa shape index (κ1) is 46.9. The van der Waals surface area contributed by atoms with Gasteiger partial charge in [-0.25, -0.2) is 4.57 Å². The van der Waals surface area contributed by atoms with Crippen molar-refractivity contribution in [1.29, 1.82) is 0 Å². The minimum atomic E-state index is -4.36. The Balaban J connectivity index is 4.13. The molecule has 4 unspecified atom stereocenters. The third kappa shape index (κ3) is 32.2. The van der Waals surface area contributed by atoms with Gasteiger partial charge in [-0.3, -0.25) is 13.8 Å². The number of hydrogen-bond donors (Lipinski definition) is 5. The van der Waals surface area contributed by atoms with E-state index in [2.05, 4.69) is 43.5 Å². The average Bonchev–Trinajstić information content (AvgIpc) is 3.06. The molecule has 0 aliphatic carbocycles. The van der Waals surface area contributed by atoms with Crippen molar-refractivity contribution in [3.63, 3.8) is 0 Å². The monoisotopic (exact) mass is 703 g/mol. The number of hydrogen-bond acceptors (Lipinski definition) is 7. The molecule has 0 aliphatic rings. The van der Waals surface area contributed by atoms with Gasteiger partial charge in [-0.15, -0.1) is 0 Å². The molecule has 6 N–H and O–H groups in total. The van der Waals surface area contributed by atoms with Crippen LogP contribution < -0.4 is 11.1 Å². The molecule has 0 aromatic carbocycles. The molecule has 48 heavy (non-hydrogen) atoms. The molecule has 0 bridgehead atoms. The third-order valence-electron chi connectivity index (χ3n) is 8.62. The van der Waals surface area contributed by atoms with Crippen molar-refractivity contribution >= 4 is 13.7 Å². The summed E-state index contributed by atoms with van der Waals surface area (Å²) in [5.74, 6) is -0.419. The van der Waals surface area contributed by atoms with Gasteiger partial charge in [0.2, 0.25) is 5.91 Å². The van der Waals surface area contributed by atoms with Crippen molar-refractivity contribution in [3.8, 4) is 0 Å². The Kier molecular flexibility index (Phi) is 33.6. The molecule has 0 spiro atoms. The molecule has 4 atom stereocenters. The van der Waals surface area contributed by atoms with Crippen molar-refractivity contribution in [1.82, 2.24) is 5.32 Å². The molecule has 284 valence electrons. The zero-order chi connectivity index (χ0) is 35.6. The van der Waals surface area contributed by atoms with Crippen LogP contribution in [0, 0.1) is 0 Å². The minimum absolute atomic E-state index is 0.0593. The molecular weight excluding hydrogens is 627 g/mol.